The van der Waals surface area contributed by atoms with Crippen LogP contribution in [0.1, 0.15) is 40.6 Å². The smallest absolute Gasteiger partial charge is 0.340 e. The van der Waals surface area contributed by atoms with Crippen molar-refractivity contribution in [1.29, 1.82) is 0 Å². The van der Waals surface area contributed by atoms with Crippen LogP contribution >= 0.6 is 11.6 Å². The highest BCUT2D eigenvalue weighted by Crippen LogP contribution is 2.37. The predicted octanol–water partition coefficient (Wildman–Crippen LogP) is 6.55. The molecule has 0 fully saturated rings. The minimum absolute atomic E-state index is 0.254. The van der Waals surface area contributed by atoms with E-state index in [1.165, 1.54) is 7.11 Å². The van der Waals surface area contributed by atoms with E-state index in [1.54, 1.807) is 17.9 Å². The van der Waals surface area contributed by atoms with E-state index in [4.69, 9.17) is 16.3 Å². The fraction of sp³-hybridized carbons (Fsp3) is 0.241. The number of aryl methyl sites for hydroxylation is 4. The molecule has 1 aromatic heterocycles. The summed E-state index contributed by atoms with van der Waals surface area (Å²) in [6.07, 6.45) is 1.79. The highest BCUT2D eigenvalue weighted by molar-refractivity contribution is 6.31. The van der Waals surface area contributed by atoms with Gasteiger partial charge in [-0.05, 0) is 100 Å². The van der Waals surface area contributed by atoms with Crippen LogP contribution in [0.5, 0.6) is 0 Å². The van der Waals surface area contributed by atoms with Gasteiger partial charge in [0.25, 0.3) is 5.91 Å². The number of ether oxygens (including phenoxy) is 1. The number of hydrogen-bond donors (Lipinski definition) is 0. The van der Waals surface area contributed by atoms with E-state index in [1.807, 2.05) is 77.1 Å². The van der Waals surface area contributed by atoms with Crippen molar-refractivity contribution in [3.05, 3.63) is 98.0 Å². The SMILES string of the molecule is COC(=O)C1=C(C)N(c2cc(C)cc(C)c2)C(=O)/C1=C\c1cc(C)n(-c2ccc(C)c(Cl)c2)c1C. The maximum absolute atomic E-state index is 13.7. The number of anilines is 1. The summed E-state index contributed by atoms with van der Waals surface area (Å²) in [5, 5.41) is 0.691. The van der Waals surface area contributed by atoms with E-state index in [-0.39, 0.29) is 11.5 Å². The lowest BCUT2D eigenvalue weighted by Gasteiger charge is -2.19. The number of allylic oxidation sites excluding steroid dienone is 1. The average molecular weight is 489 g/mol. The zero-order valence-corrected chi connectivity index (χ0v) is 21.9. The van der Waals surface area contributed by atoms with Crippen LogP contribution in [0, 0.1) is 34.6 Å². The number of methoxy groups -OCH3 is 1. The number of halogens is 1. The van der Waals surface area contributed by atoms with Crippen molar-refractivity contribution in [3.63, 3.8) is 0 Å². The van der Waals surface area contributed by atoms with E-state index in [9.17, 15) is 9.59 Å². The molecule has 2 heterocycles. The van der Waals surface area contributed by atoms with Gasteiger partial charge in [-0.1, -0.05) is 23.7 Å². The third kappa shape index (κ3) is 4.32. The van der Waals surface area contributed by atoms with Gasteiger partial charge in [-0.3, -0.25) is 9.69 Å². The molecule has 0 aliphatic carbocycles. The zero-order chi connectivity index (χ0) is 25.6. The van der Waals surface area contributed by atoms with Crippen LogP contribution in [0.15, 0.2) is 59.3 Å². The van der Waals surface area contributed by atoms with Crippen LogP contribution in [-0.2, 0) is 14.3 Å². The molecule has 0 N–H and O–H groups in total. The van der Waals surface area contributed by atoms with Crippen LogP contribution in [0.3, 0.4) is 0 Å². The van der Waals surface area contributed by atoms with Crippen molar-refractivity contribution < 1.29 is 14.3 Å². The first-order valence-electron chi connectivity index (χ1n) is 11.4. The summed E-state index contributed by atoms with van der Waals surface area (Å²) in [5.41, 5.74) is 8.68. The minimum atomic E-state index is -0.534. The third-order valence-corrected chi connectivity index (χ3v) is 6.85. The Hall–Kier alpha value is -3.57. The maximum Gasteiger partial charge on any atom is 0.340 e. The first-order chi connectivity index (χ1) is 16.5. The second-order valence-corrected chi connectivity index (χ2v) is 9.50. The molecule has 0 unspecified atom stereocenters. The first-order valence-corrected chi connectivity index (χ1v) is 11.8. The highest BCUT2D eigenvalue weighted by Gasteiger charge is 2.38. The van der Waals surface area contributed by atoms with Gasteiger partial charge in [0.1, 0.15) is 0 Å². The van der Waals surface area contributed by atoms with Gasteiger partial charge in [0, 0.05) is 33.5 Å². The molecule has 0 saturated heterocycles. The van der Waals surface area contributed by atoms with Crippen molar-refractivity contribution in [2.75, 3.05) is 12.0 Å². The van der Waals surface area contributed by atoms with Crippen LogP contribution < -0.4 is 4.90 Å². The van der Waals surface area contributed by atoms with Gasteiger partial charge < -0.3 is 9.30 Å². The third-order valence-electron chi connectivity index (χ3n) is 6.44. The molecule has 0 atom stereocenters. The summed E-state index contributed by atoms with van der Waals surface area (Å²) in [6.45, 7) is 11.7. The lowest BCUT2D eigenvalue weighted by molar-refractivity contribution is -0.136. The van der Waals surface area contributed by atoms with Gasteiger partial charge >= 0.3 is 5.97 Å². The van der Waals surface area contributed by atoms with Gasteiger partial charge in [0.05, 0.1) is 18.3 Å². The van der Waals surface area contributed by atoms with Gasteiger partial charge in [0.15, 0.2) is 0 Å². The van der Waals surface area contributed by atoms with Crippen LogP contribution in [0.25, 0.3) is 11.8 Å². The Morgan fingerprint density at radius 3 is 2.17 bits per heavy atom. The number of hydrogen-bond acceptors (Lipinski definition) is 3. The molecule has 0 spiro atoms. The Bertz CT molecular complexity index is 1420. The van der Waals surface area contributed by atoms with Crippen molar-refractivity contribution in [2.24, 2.45) is 0 Å². The summed E-state index contributed by atoms with van der Waals surface area (Å²) in [4.78, 5) is 28.1. The molecule has 0 saturated carbocycles. The van der Waals surface area contributed by atoms with E-state index < -0.39 is 5.97 Å². The molecule has 2 aromatic carbocycles. The summed E-state index contributed by atoms with van der Waals surface area (Å²) < 4.78 is 7.16. The monoisotopic (exact) mass is 488 g/mol. The predicted molar refractivity (Wildman–Crippen MR) is 141 cm³/mol. The number of esters is 1. The van der Waals surface area contributed by atoms with E-state index in [0.717, 1.165) is 45.0 Å². The van der Waals surface area contributed by atoms with Crippen molar-refractivity contribution in [3.8, 4) is 5.69 Å². The molecule has 0 bridgehead atoms. The lowest BCUT2D eigenvalue weighted by Crippen LogP contribution is -2.24. The molecule has 5 nitrogen and oxygen atoms in total. The summed E-state index contributed by atoms with van der Waals surface area (Å²) in [6, 6.07) is 13.9. The lowest BCUT2D eigenvalue weighted by atomic mass is 10.0. The fourth-order valence-electron chi connectivity index (χ4n) is 4.78. The number of aromatic nitrogens is 1. The molecule has 1 amide bonds. The normalized spacial score (nSPS) is 14.9. The van der Waals surface area contributed by atoms with Gasteiger partial charge in [-0.2, -0.15) is 0 Å². The summed E-state index contributed by atoms with van der Waals surface area (Å²) >= 11 is 6.38. The minimum Gasteiger partial charge on any atom is -0.465 e. The van der Waals surface area contributed by atoms with E-state index >= 15 is 0 Å². The topological polar surface area (TPSA) is 51.5 Å². The highest BCUT2D eigenvalue weighted by atomic mass is 35.5. The van der Waals surface area contributed by atoms with Crippen LogP contribution in [-0.4, -0.2) is 23.6 Å². The largest absolute Gasteiger partial charge is 0.465 e. The van der Waals surface area contributed by atoms with E-state index in [0.29, 0.717) is 16.3 Å². The quantitative estimate of drug-likeness (QED) is 0.309. The fourth-order valence-corrected chi connectivity index (χ4v) is 4.95. The average Bonchev–Trinajstić information content (AvgIpc) is 3.20. The molecule has 0 radical (unpaired) electrons. The second kappa shape index (κ2) is 9.23. The molecule has 6 heteroatoms. The van der Waals surface area contributed by atoms with Crippen LogP contribution in [0.2, 0.25) is 5.02 Å². The van der Waals surface area contributed by atoms with E-state index in [2.05, 4.69) is 4.57 Å². The van der Waals surface area contributed by atoms with Crippen molar-refractivity contribution in [1.82, 2.24) is 4.57 Å². The number of amides is 1. The molecular weight excluding hydrogens is 460 g/mol. The number of rotatable bonds is 4. The van der Waals surface area contributed by atoms with Gasteiger partial charge in [-0.15, -0.1) is 0 Å². The van der Waals surface area contributed by atoms with Crippen molar-refractivity contribution in [2.45, 2.75) is 41.5 Å². The standard InChI is InChI=1S/C29H29ClN2O3/c1-16-10-17(2)12-24(11-16)32-21(6)27(29(34)35-7)25(28(32)33)14-22-13-19(4)31(20(22)5)23-9-8-18(3)26(30)15-23/h8-15H,1-7H3/b25-14-. The molecular formula is C29H29ClN2O3. The summed E-state index contributed by atoms with van der Waals surface area (Å²) in [5.74, 6) is -0.788. The zero-order valence-electron chi connectivity index (χ0n) is 21.1. The second-order valence-electron chi connectivity index (χ2n) is 9.09. The Labute approximate surface area is 211 Å². The number of nitrogens with zero attached hydrogens (tertiary/aromatic N) is 2. The Kier molecular flexibility index (Phi) is 6.48. The summed E-state index contributed by atoms with van der Waals surface area (Å²) in [7, 11) is 1.33. The van der Waals surface area contributed by atoms with Crippen LogP contribution in [0.4, 0.5) is 5.69 Å². The Balaban J connectivity index is 1.86. The first kappa shape index (κ1) is 24.6. The molecule has 1 aliphatic heterocycles. The number of carbonyl (C=O) groups is 2. The van der Waals surface area contributed by atoms with Gasteiger partial charge in [-0.25, -0.2) is 4.79 Å². The Morgan fingerprint density at radius 2 is 1.57 bits per heavy atom. The molecule has 4 rings (SSSR count). The Morgan fingerprint density at radius 1 is 0.914 bits per heavy atom. The number of carbonyl (C=O) groups excluding carboxylic acids is 2. The molecule has 180 valence electrons. The van der Waals surface area contributed by atoms with Gasteiger partial charge in [0.2, 0.25) is 0 Å². The molecule has 3 aromatic rings. The molecule has 1 aliphatic rings. The van der Waals surface area contributed by atoms with Crippen molar-refractivity contribution >= 4 is 35.2 Å². The maximum atomic E-state index is 13.7. The molecule has 35 heavy (non-hydrogen) atoms. The number of benzene rings is 2.